The summed E-state index contributed by atoms with van der Waals surface area (Å²) in [4.78, 5) is 25.8. The first-order chi connectivity index (χ1) is 18.0. The van der Waals surface area contributed by atoms with Gasteiger partial charge < -0.3 is 15.1 Å². The highest BCUT2D eigenvalue weighted by molar-refractivity contribution is 7.11. The van der Waals surface area contributed by atoms with E-state index in [0.29, 0.717) is 5.41 Å². The normalized spacial score (nSPS) is 17.5. The Morgan fingerprint density at radius 1 is 0.846 bits per heavy atom. The molecule has 2 N–H and O–H groups in total. The summed E-state index contributed by atoms with van der Waals surface area (Å²) in [5, 5.41) is 22.8. The van der Waals surface area contributed by atoms with Gasteiger partial charge in [-0.2, -0.15) is 31.4 Å². The van der Waals surface area contributed by atoms with Gasteiger partial charge in [0.15, 0.2) is 5.82 Å². The summed E-state index contributed by atoms with van der Waals surface area (Å²) >= 11 is 1.95. The number of carboxylic acid groups (broad SMARTS) is 2. The first kappa shape index (κ1) is 32.3. The highest BCUT2D eigenvalue weighted by Gasteiger charge is 2.39. The van der Waals surface area contributed by atoms with Crippen LogP contribution in [0, 0.1) is 19.3 Å². The molecule has 4 rings (SSSR count). The lowest BCUT2D eigenvalue weighted by molar-refractivity contribution is -0.193. The number of hydrogen-bond donors (Lipinski definition) is 2. The third-order valence-corrected chi connectivity index (χ3v) is 7.49. The molecule has 0 radical (unpaired) electrons. The van der Waals surface area contributed by atoms with Crippen LogP contribution in [0.3, 0.4) is 0 Å². The average molecular weight is 585 g/mol. The van der Waals surface area contributed by atoms with Gasteiger partial charge in [0.05, 0.1) is 5.69 Å². The molecule has 4 heterocycles. The van der Waals surface area contributed by atoms with E-state index in [4.69, 9.17) is 19.8 Å². The first-order valence-corrected chi connectivity index (χ1v) is 12.8. The molecule has 39 heavy (non-hydrogen) atoms. The second-order valence-electron chi connectivity index (χ2n) is 9.41. The van der Waals surface area contributed by atoms with Crippen molar-refractivity contribution in [1.82, 2.24) is 15.1 Å². The maximum Gasteiger partial charge on any atom is 0.490 e. The minimum atomic E-state index is -5.08. The molecule has 2 aliphatic rings. The second kappa shape index (κ2) is 13.4. The zero-order valence-corrected chi connectivity index (χ0v) is 22.2. The zero-order chi connectivity index (χ0) is 29.4. The summed E-state index contributed by atoms with van der Waals surface area (Å²) in [6.45, 7) is 10.1. The zero-order valence-electron chi connectivity index (χ0n) is 21.3. The predicted molar refractivity (Wildman–Crippen MR) is 132 cm³/mol. The van der Waals surface area contributed by atoms with Crippen LogP contribution >= 0.6 is 11.3 Å². The number of carbonyl (C=O) groups is 2. The van der Waals surface area contributed by atoms with Gasteiger partial charge in [-0.1, -0.05) is 0 Å². The standard InChI is InChI=1S/C20H28N4S.2C2HF3O2/c1-16-3-6-19(22-21-16)24-13-9-20(10-14-24)7-11-23(12-8-20)15-18-5-4-17(2)25-18;2*3-2(4,5)1(6)7/h3-6H,7-15H2,1-2H3;2*(H,6,7). The molecule has 0 saturated carbocycles. The fourth-order valence-electron chi connectivity index (χ4n) is 4.25. The van der Waals surface area contributed by atoms with Gasteiger partial charge in [-0.05, 0) is 82.3 Å². The summed E-state index contributed by atoms with van der Waals surface area (Å²) in [5.74, 6) is -4.47. The van der Waals surface area contributed by atoms with Crippen LogP contribution in [0.15, 0.2) is 24.3 Å². The van der Waals surface area contributed by atoms with Gasteiger partial charge in [0, 0.05) is 29.4 Å². The largest absolute Gasteiger partial charge is 0.490 e. The number of halogens is 6. The molecule has 0 unspecified atom stereocenters. The maximum atomic E-state index is 10.6. The predicted octanol–water partition coefficient (Wildman–Crippen LogP) is 5.30. The van der Waals surface area contributed by atoms with Crippen LogP contribution in [0.25, 0.3) is 0 Å². The van der Waals surface area contributed by atoms with E-state index in [0.717, 1.165) is 31.1 Å². The number of aryl methyl sites for hydroxylation is 2. The number of anilines is 1. The number of aromatic nitrogens is 2. The van der Waals surface area contributed by atoms with Crippen LogP contribution < -0.4 is 4.90 Å². The highest BCUT2D eigenvalue weighted by atomic mass is 32.1. The maximum absolute atomic E-state index is 10.6. The molecular formula is C24H30F6N4O4S. The number of nitrogens with zero attached hydrogens (tertiary/aromatic N) is 4. The second-order valence-corrected chi connectivity index (χ2v) is 10.8. The first-order valence-electron chi connectivity index (χ1n) is 11.9. The van der Waals surface area contributed by atoms with Crippen molar-refractivity contribution >= 4 is 29.1 Å². The summed E-state index contributed by atoms with van der Waals surface area (Å²) in [5.41, 5.74) is 1.56. The van der Waals surface area contributed by atoms with Crippen molar-refractivity contribution in [3.8, 4) is 0 Å². The Morgan fingerprint density at radius 2 is 1.33 bits per heavy atom. The van der Waals surface area contributed by atoms with Crippen molar-refractivity contribution in [1.29, 1.82) is 0 Å². The Hall–Kier alpha value is -2.94. The fourth-order valence-corrected chi connectivity index (χ4v) is 5.18. The van der Waals surface area contributed by atoms with Crippen molar-refractivity contribution in [2.45, 2.75) is 58.4 Å². The number of carboxylic acids is 2. The number of rotatable bonds is 3. The Balaban J connectivity index is 0.000000317. The molecule has 1 spiro atoms. The van der Waals surface area contributed by atoms with E-state index in [1.54, 1.807) is 0 Å². The third kappa shape index (κ3) is 10.6. The quantitative estimate of drug-likeness (QED) is 0.468. The lowest BCUT2D eigenvalue weighted by Gasteiger charge is -2.47. The molecule has 2 aromatic rings. The van der Waals surface area contributed by atoms with Crippen molar-refractivity contribution < 1.29 is 46.1 Å². The Bertz CT molecular complexity index is 1050. The summed E-state index contributed by atoms with van der Waals surface area (Å²) in [7, 11) is 0. The number of piperidine rings is 2. The third-order valence-electron chi connectivity index (χ3n) is 6.51. The van der Waals surface area contributed by atoms with Crippen LogP contribution in [0.4, 0.5) is 32.2 Å². The molecule has 0 aliphatic carbocycles. The molecule has 0 amide bonds. The topological polar surface area (TPSA) is 107 Å². The van der Waals surface area contributed by atoms with E-state index in [2.05, 4.69) is 51.2 Å². The van der Waals surface area contributed by atoms with Crippen LogP contribution in [0.5, 0.6) is 0 Å². The van der Waals surface area contributed by atoms with Gasteiger partial charge in [0.2, 0.25) is 0 Å². The molecule has 0 aromatic carbocycles. The van der Waals surface area contributed by atoms with Crippen LogP contribution in [0.2, 0.25) is 0 Å². The molecule has 0 atom stereocenters. The fraction of sp³-hybridized carbons (Fsp3) is 0.583. The SMILES string of the molecule is Cc1ccc(N2CCC3(CCN(Cc4ccc(C)s4)CC3)CC2)nn1.O=C(O)C(F)(F)F.O=C(O)C(F)(F)F. The summed E-state index contributed by atoms with van der Waals surface area (Å²) < 4.78 is 63.5. The van der Waals surface area contributed by atoms with E-state index in [9.17, 15) is 26.3 Å². The minimum absolute atomic E-state index is 0.566. The van der Waals surface area contributed by atoms with E-state index in [-0.39, 0.29) is 0 Å². The number of hydrogen-bond acceptors (Lipinski definition) is 7. The molecule has 2 aromatic heterocycles. The molecule has 2 saturated heterocycles. The van der Waals surface area contributed by atoms with Crippen molar-refractivity contribution in [2.24, 2.45) is 5.41 Å². The van der Waals surface area contributed by atoms with Gasteiger partial charge >= 0.3 is 24.3 Å². The number of aliphatic carboxylic acids is 2. The average Bonchev–Trinajstić information content (AvgIpc) is 3.26. The van der Waals surface area contributed by atoms with Gasteiger partial charge in [-0.15, -0.1) is 16.4 Å². The molecule has 15 heteroatoms. The van der Waals surface area contributed by atoms with E-state index in [1.807, 2.05) is 18.3 Å². The van der Waals surface area contributed by atoms with Gasteiger partial charge in [0.25, 0.3) is 0 Å². The lowest BCUT2D eigenvalue weighted by atomic mass is 9.71. The summed E-state index contributed by atoms with van der Waals surface area (Å²) in [6.07, 6.45) is -4.86. The van der Waals surface area contributed by atoms with Crippen LogP contribution in [0.1, 0.15) is 41.1 Å². The van der Waals surface area contributed by atoms with Crippen LogP contribution in [-0.4, -0.2) is 75.8 Å². The highest BCUT2D eigenvalue weighted by Crippen LogP contribution is 2.42. The molecule has 2 aliphatic heterocycles. The van der Waals surface area contributed by atoms with Crippen molar-refractivity contribution in [3.05, 3.63) is 39.7 Å². The van der Waals surface area contributed by atoms with Crippen molar-refractivity contribution in [3.63, 3.8) is 0 Å². The molecule has 8 nitrogen and oxygen atoms in total. The number of alkyl halides is 6. The van der Waals surface area contributed by atoms with Gasteiger partial charge in [0.1, 0.15) is 0 Å². The smallest absolute Gasteiger partial charge is 0.475 e. The summed E-state index contributed by atoms with van der Waals surface area (Å²) in [6, 6.07) is 8.73. The Morgan fingerprint density at radius 3 is 1.72 bits per heavy atom. The molecule has 0 bridgehead atoms. The lowest BCUT2D eigenvalue weighted by Crippen LogP contribution is -2.46. The monoisotopic (exact) mass is 584 g/mol. The number of likely N-dealkylation sites (tertiary alicyclic amines) is 1. The van der Waals surface area contributed by atoms with Crippen molar-refractivity contribution in [2.75, 3.05) is 31.1 Å². The Kier molecular flexibility index (Phi) is 11.1. The van der Waals surface area contributed by atoms with E-state index >= 15 is 0 Å². The molecular weight excluding hydrogens is 554 g/mol. The van der Waals surface area contributed by atoms with Gasteiger partial charge in [-0.3, -0.25) is 4.90 Å². The van der Waals surface area contributed by atoms with Gasteiger partial charge in [-0.25, -0.2) is 9.59 Å². The molecule has 218 valence electrons. The van der Waals surface area contributed by atoms with Crippen LogP contribution in [-0.2, 0) is 16.1 Å². The number of thiophene rings is 1. The minimum Gasteiger partial charge on any atom is -0.475 e. The Labute approximate surface area is 225 Å². The molecule has 2 fully saturated rings. The van der Waals surface area contributed by atoms with E-state index < -0.39 is 24.3 Å². The van der Waals surface area contributed by atoms with E-state index in [1.165, 1.54) is 48.5 Å².